The molecule has 0 saturated carbocycles. The van der Waals surface area contributed by atoms with Gasteiger partial charge in [0.15, 0.2) is 4.96 Å². The van der Waals surface area contributed by atoms with Gasteiger partial charge >= 0.3 is 0 Å². The summed E-state index contributed by atoms with van der Waals surface area (Å²) in [4.78, 5) is 19.6. The van der Waals surface area contributed by atoms with E-state index in [2.05, 4.69) is 17.1 Å². The van der Waals surface area contributed by atoms with Gasteiger partial charge in [0.25, 0.3) is 0 Å². The minimum Gasteiger partial charge on any atom is -0.496 e. The number of aryl methyl sites for hydroxylation is 2. The summed E-state index contributed by atoms with van der Waals surface area (Å²) in [5.74, 6) is 0.970. The summed E-state index contributed by atoms with van der Waals surface area (Å²) in [6, 6.07) is 4.14. The van der Waals surface area contributed by atoms with Crippen molar-refractivity contribution in [1.29, 1.82) is 0 Å². The fourth-order valence-electron chi connectivity index (χ4n) is 2.97. The van der Waals surface area contributed by atoms with Gasteiger partial charge in [0.05, 0.1) is 19.2 Å². The van der Waals surface area contributed by atoms with Gasteiger partial charge < -0.3 is 9.64 Å². The fourth-order valence-corrected chi connectivity index (χ4v) is 3.69. The zero-order valence-corrected chi connectivity index (χ0v) is 15.2. The number of fused-ring (bicyclic) bond motifs is 1. The molecule has 1 amide bonds. The maximum atomic E-state index is 12.5. The number of nitrogens with zero attached hydrogens (tertiary/aromatic N) is 3. The third-order valence-corrected chi connectivity index (χ3v) is 4.82. The second kappa shape index (κ2) is 6.65. The number of aromatic nitrogens is 2. The quantitative estimate of drug-likeness (QED) is 0.714. The molecular formula is C18H21N3O2S. The van der Waals surface area contributed by atoms with Crippen LogP contribution < -0.4 is 4.74 Å². The first-order chi connectivity index (χ1) is 11.5. The molecule has 0 radical (unpaired) electrons. The lowest BCUT2D eigenvalue weighted by Gasteiger charge is -2.18. The van der Waals surface area contributed by atoms with E-state index in [0.29, 0.717) is 13.0 Å². The van der Waals surface area contributed by atoms with Crippen LogP contribution in [0.3, 0.4) is 0 Å². The number of benzene rings is 1. The van der Waals surface area contributed by atoms with Gasteiger partial charge in [-0.2, -0.15) is 0 Å². The molecule has 0 saturated heterocycles. The first-order valence-corrected chi connectivity index (χ1v) is 8.65. The molecule has 2 heterocycles. The van der Waals surface area contributed by atoms with Crippen molar-refractivity contribution in [3.8, 4) is 5.75 Å². The monoisotopic (exact) mass is 343 g/mol. The number of hydrogen-bond donors (Lipinski definition) is 0. The van der Waals surface area contributed by atoms with Crippen LogP contribution in [0.1, 0.15) is 22.4 Å². The number of methoxy groups -OCH3 is 1. The van der Waals surface area contributed by atoms with Crippen LogP contribution in [-0.4, -0.2) is 34.3 Å². The Hall–Kier alpha value is -2.34. The maximum Gasteiger partial charge on any atom is 0.228 e. The number of amides is 1. The van der Waals surface area contributed by atoms with Crippen molar-refractivity contribution >= 4 is 22.2 Å². The number of rotatable bonds is 5. The lowest BCUT2D eigenvalue weighted by Crippen LogP contribution is -2.27. The Kier molecular flexibility index (Phi) is 4.57. The van der Waals surface area contributed by atoms with Gasteiger partial charge in [0.1, 0.15) is 5.75 Å². The molecular weight excluding hydrogens is 322 g/mol. The van der Waals surface area contributed by atoms with Gasteiger partial charge in [-0.05, 0) is 30.5 Å². The molecule has 24 heavy (non-hydrogen) atoms. The van der Waals surface area contributed by atoms with Crippen LogP contribution in [0.25, 0.3) is 4.96 Å². The number of carbonyl (C=O) groups is 1. The average molecular weight is 343 g/mol. The van der Waals surface area contributed by atoms with E-state index in [1.54, 1.807) is 23.3 Å². The van der Waals surface area contributed by atoms with Gasteiger partial charge in [0, 0.05) is 31.4 Å². The predicted octanol–water partition coefficient (Wildman–Crippen LogP) is 3.22. The Balaban J connectivity index is 1.68. The van der Waals surface area contributed by atoms with E-state index in [1.165, 1.54) is 0 Å². The molecule has 0 N–H and O–H groups in total. The molecule has 0 unspecified atom stereocenters. The average Bonchev–Trinajstić information content (AvgIpc) is 3.08. The zero-order chi connectivity index (χ0) is 17.3. The van der Waals surface area contributed by atoms with E-state index < -0.39 is 0 Å². The second-order valence-electron chi connectivity index (χ2n) is 6.01. The highest BCUT2D eigenvalue weighted by atomic mass is 32.1. The molecule has 0 atom stereocenters. The Morgan fingerprint density at radius 3 is 2.67 bits per heavy atom. The second-order valence-corrected chi connectivity index (χ2v) is 6.89. The van der Waals surface area contributed by atoms with Crippen molar-refractivity contribution in [3.05, 3.63) is 52.3 Å². The first-order valence-electron chi connectivity index (χ1n) is 7.77. The van der Waals surface area contributed by atoms with Gasteiger partial charge in [-0.15, -0.1) is 11.3 Å². The number of ether oxygens (including phenoxy) is 1. The molecule has 0 bridgehead atoms. The topological polar surface area (TPSA) is 46.8 Å². The van der Waals surface area contributed by atoms with Crippen molar-refractivity contribution < 1.29 is 9.53 Å². The van der Waals surface area contributed by atoms with Crippen molar-refractivity contribution in [1.82, 2.24) is 14.3 Å². The largest absolute Gasteiger partial charge is 0.496 e. The van der Waals surface area contributed by atoms with Gasteiger partial charge in [-0.25, -0.2) is 4.98 Å². The molecule has 1 aromatic carbocycles. The number of imidazole rings is 1. The number of thiazole rings is 1. The summed E-state index contributed by atoms with van der Waals surface area (Å²) < 4.78 is 7.34. The molecule has 0 fully saturated rings. The van der Waals surface area contributed by atoms with E-state index in [4.69, 9.17) is 4.74 Å². The van der Waals surface area contributed by atoms with Crippen LogP contribution in [0.5, 0.6) is 5.75 Å². The summed E-state index contributed by atoms with van der Waals surface area (Å²) in [6.45, 7) is 4.62. The van der Waals surface area contributed by atoms with E-state index in [-0.39, 0.29) is 5.91 Å². The van der Waals surface area contributed by atoms with E-state index >= 15 is 0 Å². The third kappa shape index (κ3) is 3.28. The van der Waals surface area contributed by atoms with Crippen LogP contribution in [-0.2, 0) is 17.8 Å². The Labute approximate surface area is 145 Å². The van der Waals surface area contributed by atoms with Crippen LogP contribution in [0.15, 0.2) is 29.9 Å². The summed E-state index contributed by atoms with van der Waals surface area (Å²) in [6.07, 6.45) is 4.19. The normalized spacial score (nSPS) is 11.0. The molecule has 2 aromatic heterocycles. The smallest absolute Gasteiger partial charge is 0.228 e. The van der Waals surface area contributed by atoms with Crippen molar-refractivity contribution in [2.24, 2.45) is 0 Å². The molecule has 0 aliphatic rings. The number of likely N-dealkylation sites (N-methyl/N-ethyl adjacent to an activating group) is 1. The molecule has 126 valence electrons. The Morgan fingerprint density at radius 2 is 2.04 bits per heavy atom. The van der Waals surface area contributed by atoms with E-state index in [0.717, 1.165) is 33.1 Å². The highest BCUT2D eigenvalue weighted by Gasteiger charge is 2.14. The van der Waals surface area contributed by atoms with Crippen molar-refractivity contribution in [2.75, 3.05) is 14.2 Å². The minimum absolute atomic E-state index is 0.0619. The van der Waals surface area contributed by atoms with Gasteiger partial charge in [-0.1, -0.05) is 12.1 Å². The van der Waals surface area contributed by atoms with E-state index in [1.807, 2.05) is 43.1 Å². The van der Waals surface area contributed by atoms with Gasteiger partial charge in [0.2, 0.25) is 5.91 Å². The molecule has 6 heteroatoms. The maximum absolute atomic E-state index is 12.5. The Morgan fingerprint density at radius 1 is 1.33 bits per heavy atom. The summed E-state index contributed by atoms with van der Waals surface area (Å²) >= 11 is 1.57. The lowest BCUT2D eigenvalue weighted by atomic mass is 10.1. The van der Waals surface area contributed by atoms with Crippen LogP contribution in [0.2, 0.25) is 0 Å². The first kappa shape index (κ1) is 16.5. The van der Waals surface area contributed by atoms with Crippen LogP contribution in [0.4, 0.5) is 0 Å². The molecule has 0 spiro atoms. The highest BCUT2D eigenvalue weighted by Crippen LogP contribution is 2.25. The van der Waals surface area contributed by atoms with E-state index in [9.17, 15) is 4.79 Å². The molecule has 3 aromatic rings. The third-order valence-electron chi connectivity index (χ3n) is 4.05. The highest BCUT2D eigenvalue weighted by molar-refractivity contribution is 7.15. The molecule has 0 aliphatic carbocycles. The molecule has 3 rings (SSSR count). The standard InChI is InChI=1S/C18H21N3O2S/c1-12-7-14(8-13(2)17(12)23-4)10-20(3)16(22)9-15-11-21-5-6-24-18(21)19-15/h5-8,11H,9-10H2,1-4H3. The molecule has 0 aliphatic heterocycles. The Bertz CT molecular complexity index is 830. The molecule has 5 nitrogen and oxygen atoms in total. The van der Waals surface area contributed by atoms with Crippen molar-refractivity contribution in [2.45, 2.75) is 26.8 Å². The fraction of sp³-hybridized carbons (Fsp3) is 0.333. The SMILES string of the molecule is COc1c(C)cc(CN(C)C(=O)Cc2cn3ccsc3n2)cc1C. The summed E-state index contributed by atoms with van der Waals surface area (Å²) in [5, 5.41) is 1.98. The van der Waals surface area contributed by atoms with Crippen molar-refractivity contribution in [3.63, 3.8) is 0 Å². The van der Waals surface area contributed by atoms with Crippen LogP contribution in [0, 0.1) is 13.8 Å². The predicted molar refractivity (Wildman–Crippen MR) is 95.7 cm³/mol. The zero-order valence-electron chi connectivity index (χ0n) is 14.4. The number of hydrogen-bond acceptors (Lipinski definition) is 4. The number of carbonyl (C=O) groups excluding carboxylic acids is 1. The lowest BCUT2D eigenvalue weighted by molar-refractivity contribution is -0.129. The van der Waals surface area contributed by atoms with Crippen LogP contribution >= 0.6 is 11.3 Å². The summed E-state index contributed by atoms with van der Waals surface area (Å²) in [5.41, 5.74) is 4.08. The minimum atomic E-state index is 0.0619. The van der Waals surface area contributed by atoms with Gasteiger partial charge in [-0.3, -0.25) is 9.20 Å². The summed E-state index contributed by atoms with van der Waals surface area (Å²) in [7, 11) is 3.51.